The average Bonchev–Trinajstić information content (AvgIpc) is 2.87. The molecule has 86 valence electrons. The van der Waals surface area contributed by atoms with Gasteiger partial charge in [-0.2, -0.15) is 4.98 Å². The Morgan fingerprint density at radius 3 is 2.94 bits per heavy atom. The van der Waals surface area contributed by atoms with Gasteiger partial charge in [-0.05, 0) is 20.9 Å². The van der Waals surface area contributed by atoms with Crippen molar-refractivity contribution in [3.63, 3.8) is 0 Å². The monoisotopic (exact) mass is 238 g/mol. The van der Waals surface area contributed by atoms with E-state index in [0.29, 0.717) is 18.1 Å². The first-order chi connectivity index (χ1) is 7.69. The summed E-state index contributed by atoms with van der Waals surface area (Å²) in [6.07, 6.45) is 0.629. The molecule has 16 heavy (non-hydrogen) atoms. The fourth-order valence-electron chi connectivity index (χ4n) is 1.29. The van der Waals surface area contributed by atoms with E-state index in [9.17, 15) is 0 Å². The van der Waals surface area contributed by atoms with Crippen LogP contribution in [-0.4, -0.2) is 22.2 Å². The van der Waals surface area contributed by atoms with Crippen molar-refractivity contribution in [2.75, 3.05) is 7.05 Å². The molecule has 1 N–H and O–H groups in total. The number of nitrogens with zero attached hydrogens (tertiary/aromatic N) is 3. The highest BCUT2D eigenvalue weighted by Crippen LogP contribution is 2.13. The maximum Gasteiger partial charge on any atom is 0.243 e. The molecule has 2 aromatic rings. The van der Waals surface area contributed by atoms with Crippen LogP contribution >= 0.6 is 11.3 Å². The quantitative estimate of drug-likeness (QED) is 0.878. The molecule has 0 aliphatic carbocycles. The molecule has 0 saturated heterocycles. The highest BCUT2D eigenvalue weighted by atomic mass is 32.1. The van der Waals surface area contributed by atoms with E-state index >= 15 is 0 Å². The highest BCUT2D eigenvalue weighted by molar-refractivity contribution is 7.09. The Balaban J connectivity index is 2.08. The van der Waals surface area contributed by atoms with Crippen molar-refractivity contribution < 1.29 is 4.52 Å². The second-order valence-electron chi connectivity index (χ2n) is 3.59. The molecule has 1 atom stereocenters. The van der Waals surface area contributed by atoms with Crippen molar-refractivity contribution in [2.24, 2.45) is 0 Å². The summed E-state index contributed by atoms with van der Waals surface area (Å²) in [6, 6.07) is 0.0819. The van der Waals surface area contributed by atoms with E-state index < -0.39 is 0 Å². The molecule has 6 heteroatoms. The zero-order chi connectivity index (χ0) is 11.5. The Bertz CT molecular complexity index is 465. The molecule has 1 unspecified atom stereocenters. The fraction of sp³-hybridized carbons (Fsp3) is 0.500. The number of hydrogen-bond acceptors (Lipinski definition) is 6. The molecule has 2 rings (SSSR count). The first-order valence-corrected chi connectivity index (χ1v) is 5.97. The molecule has 0 fully saturated rings. The van der Waals surface area contributed by atoms with Gasteiger partial charge in [0.2, 0.25) is 5.89 Å². The van der Waals surface area contributed by atoms with Gasteiger partial charge in [-0.3, -0.25) is 0 Å². The summed E-state index contributed by atoms with van der Waals surface area (Å²) in [5.74, 6) is 1.30. The SMILES string of the molecule is CNC(C)c1nc(Cc2csc(C)n2)no1. The molecule has 0 spiro atoms. The van der Waals surface area contributed by atoms with Crippen LogP contribution < -0.4 is 5.32 Å². The van der Waals surface area contributed by atoms with Crippen LogP contribution in [0.2, 0.25) is 0 Å². The predicted octanol–water partition coefficient (Wildman–Crippen LogP) is 1.71. The lowest BCUT2D eigenvalue weighted by atomic mass is 10.3. The van der Waals surface area contributed by atoms with Crippen LogP contribution in [0, 0.1) is 6.92 Å². The summed E-state index contributed by atoms with van der Waals surface area (Å²) in [5, 5.41) is 10.1. The van der Waals surface area contributed by atoms with Gasteiger partial charge >= 0.3 is 0 Å². The van der Waals surface area contributed by atoms with Gasteiger partial charge in [-0.15, -0.1) is 11.3 Å². The van der Waals surface area contributed by atoms with E-state index in [1.807, 2.05) is 26.3 Å². The number of hydrogen-bond donors (Lipinski definition) is 1. The average molecular weight is 238 g/mol. The highest BCUT2D eigenvalue weighted by Gasteiger charge is 2.13. The van der Waals surface area contributed by atoms with Crippen molar-refractivity contribution in [1.82, 2.24) is 20.4 Å². The molecule has 2 aromatic heterocycles. The minimum Gasteiger partial charge on any atom is -0.338 e. The molecule has 2 heterocycles. The first kappa shape index (κ1) is 11.2. The second kappa shape index (κ2) is 4.71. The lowest BCUT2D eigenvalue weighted by molar-refractivity contribution is 0.343. The van der Waals surface area contributed by atoms with Gasteiger partial charge in [0.15, 0.2) is 5.82 Å². The molecule has 0 bridgehead atoms. The molecule has 0 aliphatic heterocycles. The summed E-state index contributed by atoms with van der Waals surface area (Å²) >= 11 is 1.63. The Morgan fingerprint density at radius 2 is 2.31 bits per heavy atom. The first-order valence-electron chi connectivity index (χ1n) is 5.10. The summed E-state index contributed by atoms with van der Waals surface area (Å²) in [7, 11) is 1.86. The second-order valence-corrected chi connectivity index (χ2v) is 4.66. The van der Waals surface area contributed by atoms with E-state index in [4.69, 9.17) is 4.52 Å². The van der Waals surface area contributed by atoms with Gasteiger partial charge in [0.05, 0.1) is 23.2 Å². The summed E-state index contributed by atoms with van der Waals surface area (Å²) < 4.78 is 5.15. The van der Waals surface area contributed by atoms with E-state index in [1.54, 1.807) is 11.3 Å². The number of thiazole rings is 1. The van der Waals surface area contributed by atoms with Crippen LogP contribution in [0.5, 0.6) is 0 Å². The standard InChI is InChI=1S/C10H14N4OS/c1-6(11-3)10-13-9(14-15-10)4-8-5-16-7(2)12-8/h5-6,11H,4H2,1-3H3. The van der Waals surface area contributed by atoms with Crippen molar-refractivity contribution in [3.05, 3.63) is 27.8 Å². The lowest BCUT2D eigenvalue weighted by Gasteiger charge is -2.01. The van der Waals surface area contributed by atoms with Crippen molar-refractivity contribution in [2.45, 2.75) is 26.3 Å². The van der Waals surface area contributed by atoms with Crippen molar-refractivity contribution in [1.29, 1.82) is 0 Å². The van der Waals surface area contributed by atoms with E-state index in [2.05, 4.69) is 20.4 Å². The minimum atomic E-state index is 0.0819. The van der Waals surface area contributed by atoms with E-state index in [1.165, 1.54) is 0 Å². The number of rotatable bonds is 4. The van der Waals surface area contributed by atoms with Gasteiger partial charge < -0.3 is 9.84 Å². The molecule has 0 amide bonds. The van der Waals surface area contributed by atoms with E-state index in [-0.39, 0.29) is 6.04 Å². The van der Waals surface area contributed by atoms with Crippen molar-refractivity contribution in [3.8, 4) is 0 Å². The topological polar surface area (TPSA) is 63.8 Å². The number of aromatic nitrogens is 3. The molecule has 0 radical (unpaired) electrons. The van der Waals surface area contributed by atoms with Gasteiger partial charge in [0.1, 0.15) is 0 Å². The largest absolute Gasteiger partial charge is 0.338 e. The van der Waals surface area contributed by atoms with Gasteiger partial charge in [0, 0.05) is 5.38 Å². The summed E-state index contributed by atoms with van der Waals surface area (Å²) in [4.78, 5) is 8.67. The van der Waals surface area contributed by atoms with Crippen LogP contribution in [0.3, 0.4) is 0 Å². The number of nitrogens with one attached hydrogen (secondary N) is 1. The van der Waals surface area contributed by atoms with Gasteiger partial charge in [-0.25, -0.2) is 4.98 Å². The van der Waals surface area contributed by atoms with Crippen LogP contribution in [0.1, 0.15) is 35.4 Å². The lowest BCUT2D eigenvalue weighted by Crippen LogP contribution is -2.12. The maximum absolute atomic E-state index is 5.15. The Hall–Kier alpha value is -1.27. The van der Waals surface area contributed by atoms with Crippen molar-refractivity contribution >= 4 is 11.3 Å². The molecule has 0 aromatic carbocycles. The van der Waals surface area contributed by atoms with E-state index in [0.717, 1.165) is 10.7 Å². The third kappa shape index (κ3) is 2.45. The molecule has 5 nitrogen and oxygen atoms in total. The molecule has 0 saturated carbocycles. The number of aryl methyl sites for hydroxylation is 1. The Morgan fingerprint density at radius 1 is 1.50 bits per heavy atom. The zero-order valence-electron chi connectivity index (χ0n) is 9.52. The Kier molecular flexibility index (Phi) is 3.31. The molecule has 0 aliphatic rings. The van der Waals surface area contributed by atoms with Gasteiger partial charge in [0.25, 0.3) is 0 Å². The van der Waals surface area contributed by atoms with Gasteiger partial charge in [-0.1, -0.05) is 5.16 Å². The van der Waals surface area contributed by atoms with Crippen LogP contribution in [0.4, 0.5) is 0 Å². The van der Waals surface area contributed by atoms with Crippen LogP contribution in [-0.2, 0) is 6.42 Å². The molecular formula is C10H14N4OS. The minimum absolute atomic E-state index is 0.0819. The normalized spacial score (nSPS) is 12.9. The molecular weight excluding hydrogens is 224 g/mol. The third-order valence-corrected chi connectivity index (χ3v) is 3.12. The summed E-state index contributed by atoms with van der Waals surface area (Å²) in [6.45, 7) is 3.96. The summed E-state index contributed by atoms with van der Waals surface area (Å²) in [5.41, 5.74) is 0.993. The Labute approximate surface area is 97.9 Å². The maximum atomic E-state index is 5.15. The predicted molar refractivity (Wildman–Crippen MR) is 61.4 cm³/mol. The third-order valence-electron chi connectivity index (χ3n) is 2.29. The fourth-order valence-corrected chi connectivity index (χ4v) is 1.90. The van der Waals surface area contributed by atoms with Crippen LogP contribution in [0.25, 0.3) is 0 Å². The van der Waals surface area contributed by atoms with Crippen LogP contribution in [0.15, 0.2) is 9.90 Å². The smallest absolute Gasteiger partial charge is 0.243 e. The zero-order valence-corrected chi connectivity index (χ0v) is 10.3.